The lowest BCUT2D eigenvalue weighted by Gasteiger charge is -2.11. The Morgan fingerprint density at radius 3 is 2.58 bits per heavy atom. The quantitative estimate of drug-likeness (QED) is 0.850. The van der Waals surface area contributed by atoms with Gasteiger partial charge in [0.05, 0.1) is 27.6 Å². The van der Waals surface area contributed by atoms with Gasteiger partial charge in [-0.25, -0.2) is 0 Å². The van der Waals surface area contributed by atoms with Gasteiger partial charge in [-0.2, -0.15) is 5.26 Å². The molecule has 19 heavy (non-hydrogen) atoms. The van der Waals surface area contributed by atoms with E-state index in [0.29, 0.717) is 31.8 Å². The van der Waals surface area contributed by atoms with E-state index in [4.69, 9.17) is 40.1 Å². The summed E-state index contributed by atoms with van der Waals surface area (Å²) in [6.07, 6.45) is 1.57. The molecule has 1 N–H and O–H groups in total. The molecule has 0 saturated heterocycles. The normalized spacial score (nSPS) is 10.2. The molecule has 3 nitrogen and oxygen atoms in total. The second-order valence-corrected chi connectivity index (χ2v) is 4.98. The van der Waals surface area contributed by atoms with Crippen molar-refractivity contribution in [2.75, 3.05) is 0 Å². The first kappa shape index (κ1) is 14.0. The standard InChI is InChI=1S/C13H7Cl3N2O/c14-9-1-2-10(15)13(16)12(9)8-6-18-11(19)5-7(8)3-4-17/h1-2,5-6H,3H2,(H,18,19). The van der Waals surface area contributed by atoms with Gasteiger partial charge in [0, 0.05) is 23.4 Å². The van der Waals surface area contributed by atoms with Gasteiger partial charge in [0.2, 0.25) is 5.56 Å². The summed E-state index contributed by atoms with van der Waals surface area (Å²) >= 11 is 18.3. The molecular formula is C13H7Cl3N2O. The van der Waals surface area contributed by atoms with Crippen LogP contribution >= 0.6 is 34.8 Å². The van der Waals surface area contributed by atoms with Gasteiger partial charge in [0.1, 0.15) is 0 Å². The molecule has 0 saturated carbocycles. The average molecular weight is 314 g/mol. The Labute approximate surface area is 124 Å². The lowest BCUT2D eigenvalue weighted by atomic mass is 10.00. The van der Waals surface area contributed by atoms with E-state index in [0.717, 1.165) is 0 Å². The van der Waals surface area contributed by atoms with Crippen molar-refractivity contribution in [2.24, 2.45) is 0 Å². The van der Waals surface area contributed by atoms with Crippen LogP contribution in [-0.4, -0.2) is 4.98 Å². The van der Waals surface area contributed by atoms with Crippen LogP contribution in [0.1, 0.15) is 5.56 Å². The van der Waals surface area contributed by atoms with E-state index in [2.05, 4.69) is 4.98 Å². The molecule has 0 radical (unpaired) electrons. The van der Waals surface area contributed by atoms with Crippen molar-refractivity contribution in [1.29, 1.82) is 5.26 Å². The molecular weight excluding hydrogens is 307 g/mol. The topological polar surface area (TPSA) is 56.6 Å². The highest BCUT2D eigenvalue weighted by Gasteiger charge is 2.15. The van der Waals surface area contributed by atoms with E-state index in [1.807, 2.05) is 6.07 Å². The second-order valence-electron chi connectivity index (χ2n) is 3.79. The Morgan fingerprint density at radius 1 is 1.21 bits per heavy atom. The Bertz CT molecular complexity index is 732. The fourth-order valence-electron chi connectivity index (χ4n) is 1.75. The molecule has 0 aliphatic rings. The van der Waals surface area contributed by atoms with Crippen LogP contribution in [0.3, 0.4) is 0 Å². The van der Waals surface area contributed by atoms with Crippen molar-refractivity contribution in [3.63, 3.8) is 0 Å². The number of pyridine rings is 1. The number of nitrogens with one attached hydrogen (secondary N) is 1. The van der Waals surface area contributed by atoms with Crippen LogP contribution in [0.2, 0.25) is 15.1 Å². The van der Waals surface area contributed by atoms with Crippen LogP contribution in [0, 0.1) is 11.3 Å². The van der Waals surface area contributed by atoms with Crippen LogP contribution in [0.25, 0.3) is 11.1 Å². The molecule has 2 rings (SSSR count). The zero-order chi connectivity index (χ0) is 14.0. The van der Waals surface area contributed by atoms with E-state index >= 15 is 0 Å². The molecule has 6 heteroatoms. The molecule has 0 fully saturated rings. The van der Waals surface area contributed by atoms with Gasteiger partial charge in [-0.05, 0) is 17.7 Å². The van der Waals surface area contributed by atoms with E-state index in [1.54, 1.807) is 12.1 Å². The molecule has 2 aromatic rings. The van der Waals surface area contributed by atoms with Crippen LogP contribution < -0.4 is 5.56 Å². The molecule has 0 atom stereocenters. The van der Waals surface area contributed by atoms with E-state index in [1.165, 1.54) is 12.3 Å². The zero-order valence-electron chi connectivity index (χ0n) is 9.51. The van der Waals surface area contributed by atoms with Gasteiger partial charge in [-0.1, -0.05) is 34.8 Å². The first-order chi connectivity index (χ1) is 9.04. The Hall–Kier alpha value is -1.47. The number of halogens is 3. The first-order valence-electron chi connectivity index (χ1n) is 5.27. The summed E-state index contributed by atoms with van der Waals surface area (Å²) in [5.41, 5.74) is 1.37. The molecule has 0 amide bonds. The van der Waals surface area contributed by atoms with Crippen molar-refractivity contribution >= 4 is 34.8 Å². The summed E-state index contributed by atoms with van der Waals surface area (Å²) in [7, 11) is 0. The van der Waals surface area contributed by atoms with Crippen LogP contribution in [0.5, 0.6) is 0 Å². The van der Waals surface area contributed by atoms with Gasteiger partial charge in [-0.3, -0.25) is 4.79 Å². The predicted octanol–water partition coefficient (Wildman–Crippen LogP) is 4.07. The maximum atomic E-state index is 11.3. The molecule has 0 aliphatic heterocycles. The third-order valence-corrected chi connectivity index (χ3v) is 3.71. The molecule has 0 unspecified atom stereocenters. The molecule has 96 valence electrons. The largest absolute Gasteiger partial charge is 0.328 e. The maximum Gasteiger partial charge on any atom is 0.248 e. The number of rotatable bonds is 2. The zero-order valence-corrected chi connectivity index (χ0v) is 11.8. The molecule has 1 aromatic carbocycles. The highest BCUT2D eigenvalue weighted by Crippen LogP contribution is 2.39. The van der Waals surface area contributed by atoms with Gasteiger partial charge in [0.25, 0.3) is 0 Å². The van der Waals surface area contributed by atoms with Crippen molar-refractivity contribution in [3.8, 4) is 17.2 Å². The van der Waals surface area contributed by atoms with E-state index in [-0.39, 0.29) is 12.0 Å². The highest BCUT2D eigenvalue weighted by atomic mass is 35.5. The molecule has 0 spiro atoms. The number of benzene rings is 1. The molecule has 0 bridgehead atoms. The van der Waals surface area contributed by atoms with E-state index in [9.17, 15) is 4.79 Å². The molecule has 1 aromatic heterocycles. The lowest BCUT2D eigenvalue weighted by Crippen LogP contribution is -2.06. The smallest absolute Gasteiger partial charge is 0.248 e. The number of aromatic nitrogens is 1. The number of hydrogen-bond acceptors (Lipinski definition) is 2. The fraction of sp³-hybridized carbons (Fsp3) is 0.0769. The van der Waals surface area contributed by atoms with Gasteiger partial charge in [-0.15, -0.1) is 0 Å². The average Bonchev–Trinajstić information content (AvgIpc) is 2.37. The summed E-state index contributed by atoms with van der Waals surface area (Å²) < 4.78 is 0. The predicted molar refractivity (Wildman–Crippen MR) is 76.8 cm³/mol. The van der Waals surface area contributed by atoms with Crippen molar-refractivity contribution in [3.05, 3.63) is 55.4 Å². The fourth-order valence-corrected chi connectivity index (χ4v) is 2.48. The summed E-state index contributed by atoms with van der Waals surface area (Å²) in [5.74, 6) is 0. The minimum atomic E-state index is -0.289. The summed E-state index contributed by atoms with van der Waals surface area (Å²) in [4.78, 5) is 13.9. The second kappa shape index (κ2) is 5.66. The number of nitriles is 1. The van der Waals surface area contributed by atoms with E-state index < -0.39 is 0 Å². The SMILES string of the molecule is N#CCc1cc(=O)[nH]cc1-c1c(Cl)ccc(Cl)c1Cl. The summed E-state index contributed by atoms with van der Waals surface area (Å²) in [6.45, 7) is 0. The molecule has 0 aliphatic carbocycles. The Morgan fingerprint density at radius 2 is 1.89 bits per heavy atom. The Kier molecular flexibility index (Phi) is 4.16. The maximum absolute atomic E-state index is 11.3. The third kappa shape index (κ3) is 2.76. The number of nitrogens with zero attached hydrogens (tertiary/aromatic N) is 1. The number of H-pyrrole nitrogens is 1. The minimum Gasteiger partial charge on any atom is -0.328 e. The van der Waals surface area contributed by atoms with Gasteiger partial charge >= 0.3 is 0 Å². The van der Waals surface area contributed by atoms with Crippen LogP contribution in [0.4, 0.5) is 0 Å². The monoisotopic (exact) mass is 312 g/mol. The van der Waals surface area contributed by atoms with Gasteiger partial charge < -0.3 is 4.98 Å². The van der Waals surface area contributed by atoms with Crippen molar-refractivity contribution < 1.29 is 0 Å². The van der Waals surface area contributed by atoms with Crippen LogP contribution in [0.15, 0.2) is 29.2 Å². The first-order valence-corrected chi connectivity index (χ1v) is 6.40. The lowest BCUT2D eigenvalue weighted by molar-refractivity contribution is 1.17. The van der Waals surface area contributed by atoms with Crippen LogP contribution in [-0.2, 0) is 6.42 Å². The molecule has 1 heterocycles. The third-order valence-electron chi connectivity index (χ3n) is 2.59. The van der Waals surface area contributed by atoms with Crippen molar-refractivity contribution in [2.45, 2.75) is 6.42 Å². The summed E-state index contributed by atoms with van der Waals surface area (Å²) in [5, 5.41) is 9.87. The highest BCUT2D eigenvalue weighted by molar-refractivity contribution is 6.46. The Balaban J connectivity index is 2.76. The van der Waals surface area contributed by atoms with Crippen molar-refractivity contribution in [1.82, 2.24) is 4.98 Å². The number of hydrogen-bond donors (Lipinski definition) is 1. The summed E-state index contributed by atoms with van der Waals surface area (Å²) in [6, 6.07) is 6.56. The number of aromatic amines is 1. The minimum absolute atomic E-state index is 0.0818. The van der Waals surface area contributed by atoms with Gasteiger partial charge in [0.15, 0.2) is 0 Å².